The summed E-state index contributed by atoms with van der Waals surface area (Å²) in [5.74, 6) is -0.157. The molecule has 0 aliphatic heterocycles. The van der Waals surface area contributed by atoms with Crippen molar-refractivity contribution in [2.45, 2.75) is 91.5 Å². The molecule has 2 atom stereocenters. The molecule has 2 aromatic carbocycles. The van der Waals surface area contributed by atoms with Crippen molar-refractivity contribution >= 4 is 23.6 Å². The molecule has 0 heterocycles. The fourth-order valence-corrected chi connectivity index (χ4v) is 4.78. The minimum Gasteiger partial charge on any atom is -0.497 e. The van der Waals surface area contributed by atoms with E-state index in [9.17, 15) is 14.4 Å². The summed E-state index contributed by atoms with van der Waals surface area (Å²) in [4.78, 5) is 42.7. The third kappa shape index (κ3) is 7.97. The molecule has 2 N–H and O–H groups in total. The first-order valence-corrected chi connectivity index (χ1v) is 13.6. The zero-order valence-electron chi connectivity index (χ0n) is 24.5. The molecule has 0 saturated heterocycles. The number of carbonyl (C=O) groups is 3. The molecule has 0 bridgehead atoms. The average molecular weight is 538 g/mol. The Morgan fingerprint density at radius 3 is 2.03 bits per heavy atom. The highest BCUT2D eigenvalue weighted by Crippen LogP contribution is 2.35. The molecule has 3 amide bonds. The minimum absolute atomic E-state index is 0.119. The molecule has 0 radical (unpaired) electrons. The van der Waals surface area contributed by atoms with E-state index in [1.54, 1.807) is 57.0 Å². The lowest BCUT2D eigenvalue weighted by Crippen LogP contribution is -2.58. The number of amides is 3. The van der Waals surface area contributed by atoms with Crippen molar-refractivity contribution in [3.05, 3.63) is 59.2 Å². The zero-order chi connectivity index (χ0) is 28.9. The maximum absolute atomic E-state index is 14.3. The largest absolute Gasteiger partial charge is 0.497 e. The zero-order valence-corrected chi connectivity index (χ0v) is 24.5. The monoisotopic (exact) mass is 537 g/mol. The predicted octanol–water partition coefficient (Wildman–Crippen LogP) is 5.92. The lowest BCUT2D eigenvalue weighted by Gasteiger charge is -2.44. The van der Waals surface area contributed by atoms with Gasteiger partial charge in [-0.1, -0.05) is 43.2 Å². The van der Waals surface area contributed by atoms with Gasteiger partial charge >= 0.3 is 6.09 Å². The van der Waals surface area contributed by atoms with E-state index in [1.165, 1.54) is 0 Å². The van der Waals surface area contributed by atoms with Gasteiger partial charge in [-0.05, 0) is 89.6 Å². The number of aryl methyl sites for hydroxylation is 2. The summed E-state index contributed by atoms with van der Waals surface area (Å²) < 4.78 is 10.7. The van der Waals surface area contributed by atoms with Gasteiger partial charge in [-0.3, -0.25) is 9.59 Å². The second kappa shape index (κ2) is 12.5. The van der Waals surface area contributed by atoms with Gasteiger partial charge < -0.3 is 25.0 Å². The van der Waals surface area contributed by atoms with Crippen molar-refractivity contribution in [2.75, 3.05) is 12.4 Å². The van der Waals surface area contributed by atoms with Gasteiger partial charge in [0.25, 0.3) is 5.91 Å². The van der Waals surface area contributed by atoms with Gasteiger partial charge in [0.15, 0.2) is 0 Å². The SMILES string of the molecule is COc1ccc(NC(=O)C(c2cc(C)cc(C)c2)N(C(=O)C(NC(=O)OC(C)(C)C)C(C)C)C2CCC2)cc1. The van der Waals surface area contributed by atoms with E-state index in [4.69, 9.17) is 9.47 Å². The molecule has 1 fully saturated rings. The molecule has 8 nitrogen and oxygen atoms in total. The maximum atomic E-state index is 14.3. The van der Waals surface area contributed by atoms with Crippen LogP contribution in [0.1, 0.15) is 76.6 Å². The normalized spacial score (nSPS) is 15.1. The highest BCUT2D eigenvalue weighted by atomic mass is 16.6. The lowest BCUT2D eigenvalue weighted by molar-refractivity contribution is -0.146. The van der Waals surface area contributed by atoms with E-state index in [2.05, 4.69) is 10.6 Å². The van der Waals surface area contributed by atoms with Gasteiger partial charge in [-0.15, -0.1) is 0 Å². The second-order valence-corrected chi connectivity index (χ2v) is 11.7. The van der Waals surface area contributed by atoms with Gasteiger partial charge in [0.1, 0.15) is 23.4 Å². The van der Waals surface area contributed by atoms with Gasteiger partial charge in [0.2, 0.25) is 5.91 Å². The highest BCUT2D eigenvalue weighted by Gasteiger charge is 2.43. The second-order valence-electron chi connectivity index (χ2n) is 11.7. The van der Waals surface area contributed by atoms with Crippen LogP contribution >= 0.6 is 0 Å². The van der Waals surface area contributed by atoms with Gasteiger partial charge in [-0.2, -0.15) is 0 Å². The van der Waals surface area contributed by atoms with Crippen LogP contribution in [0, 0.1) is 19.8 Å². The summed E-state index contributed by atoms with van der Waals surface area (Å²) >= 11 is 0. The molecular weight excluding hydrogens is 494 g/mol. The van der Waals surface area contributed by atoms with Crippen LogP contribution in [-0.4, -0.2) is 47.6 Å². The molecule has 1 saturated carbocycles. The molecule has 2 unspecified atom stereocenters. The van der Waals surface area contributed by atoms with E-state index in [0.717, 1.165) is 36.0 Å². The summed E-state index contributed by atoms with van der Waals surface area (Å²) in [6, 6.07) is 11.2. The van der Waals surface area contributed by atoms with Crippen molar-refractivity contribution in [1.82, 2.24) is 10.2 Å². The first-order valence-electron chi connectivity index (χ1n) is 13.6. The fourth-order valence-electron chi connectivity index (χ4n) is 4.78. The standard InChI is InChI=1S/C31H43N3O5/c1-19(2)26(33-30(37)39-31(5,6)7)29(36)34(24-10-9-11-24)27(22-17-20(3)16-21(4)18-22)28(35)32-23-12-14-25(38-8)15-13-23/h12-19,24,26-27H,9-11H2,1-8H3,(H,32,35)(H,33,37). The molecule has 39 heavy (non-hydrogen) atoms. The maximum Gasteiger partial charge on any atom is 0.408 e. The first-order chi connectivity index (χ1) is 18.3. The number of anilines is 1. The Morgan fingerprint density at radius 2 is 1.56 bits per heavy atom. The van der Waals surface area contributed by atoms with E-state index < -0.39 is 23.8 Å². The van der Waals surface area contributed by atoms with E-state index >= 15 is 0 Å². The molecular formula is C31H43N3O5. The third-order valence-corrected chi connectivity index (χ3v) is 6.77. The van der Waals surface area contributed by atoms with Crippen LogP contribution in [0.25, 0.3) is 0 Å². The minimum atomic E-state index is -0.884. The summed E-state index contributed by atoms with van der Waals surface area (Å²) in [5, 5.41) is 5.80. The van der Waals surface area contributed by atoms with Gasteiger partial charge in [0, 0.05) is 11.7 Å². The Bertz CT molecular complexity index is 1150. The quantitative estimate of drug-likeness (QED) is 0.414. The number of benzene rings is 2. The topological polar surface area (TPSA) is 97.0 Å². The van der Waals surface area contributed by atoms with E-state index in [-0.39, 0.29) is 23.8 Å². The molecule has 0 aromatic heterocycles. The predicted molar refractivity (Wildman–Crippen MR) is 153 cm³/mol. The third-order valence-electron chi connectivity index (χ3n) is 6.77. The number of hydrogen-bond acceptors (Lipinski definition) is 5. The van der Waals surface area contributed by atoms with Crippen molar-refractivity contribution < 1.29 is 23.9 Å². The Kier molecular flexibility index (Phi) is 9.64. The Morgan fingerprint density at radius 1 is 0.974 bits per heavy atom. The summed E-state index contributed by atoms with van der Waals surface area (Å²) in [5.41, 5.74) is 2.63. The number of nitrogens with zero attached hydrogens (tertiary/aromatic N) is 1. The summed E-state index contributed by atoms with van der Waals surface area (Å²) in [6.45, 7) is 13.0. The lowest BCUT2D eigenvalue weighted by atomic mass is 9.86. The Balaban J connectivity index is 2.03. The van der Waals surface area contributed by atoms with Crippen molar-refractivity contribution in [3.8, 4) is 5.75 Å². The number of nitrogens with one attached hydrogen (secondary N) is 2. The molecule has 1 aliphatic carbocycles. The molecule has 1 aliphatic rings. The fraction of sp³-hybridized carbons (Fsp3) is 0.516. The Hall–Kier alpha value is -3.55. The van der Waals surface area contributed by atoms with Crippen molar-refractivity contribution in [3.63, 3.8) is 0 Å². The average Bonchev–Trinajstić information content (AvgIpc) is 2.79. The van der Waals surface area contributed by atoms with E-state index in [1.807, 2.05) is 45.9 Å². The van der Waals surface area contributed by atoms with Gasteiger partial charge in [0.05, 0.1) is 7.11 Å². The molecule has 0 spiro atoms. The van der Waals surface area contributed by atoms with Gasteiger partial charge in [-0.25, -0.2) is 4.79 Å². The number of methoxy groups -OCH3 is 1. The smallest absolute Gasteiger partial charge is 0.408 e. The van der Waals surface area contributed by atoms with Crippen LogP contribution in [0.3, 0.4) is 0 Å². The van der Waals surface area contributed by atoms with Crippen molar-refractivity contribution in [1.29, 1.82) is 0 Å². The summed E-state index contributed by atoms with van der Waals surface area (Å²) in [7, 11) is 1.59. The van der Waals surface area contributed by atoms with Crippen LogP contribution in [0.2, 0.25) is 0 Å². The summed E-state index contributed by atoms with van der Waals surface area (Å²) in [6.07, 6.45) is 1.90. The molecule has 2 aromatic rings. The molecule has 3 rings (SSSR count). The number of carbonyl (C=O) groups excluding carboxylic acids is 3. The van der Waals surface area contributed by atoms with Crippen molar-refractivity contribution in [2.24, 2.45) is 5.92 Å². The number of alkyl carbamates (subject to hydrolysis) is 1. The van der Waals surface area contributed by atoms with E-state index in [0.29, 0.717) is 11.4 Å². The number of rotatable bonds is 9. The molecule has 212 valence electrons. The highest BCUT2D eigenvalue weighted by molar-refractivity contribution is 5.99. The molecule has 8 heteroatoms. The van der Waals surface area contributed by atoms with Crippen LogP contribution in [-0.2, 0) is 14.3 Å². The van der Waals surface area contributed by atoms with Crippen LogP contribution in [0.4, 0.5) is 10.5 Å². The van der Waals surface area contributed by atoms with Crippen LogP contribution in [0.15, 0.2) is 42.5 Å². The first kappa shape index (κ1) is 30.0. The van der Waals surface area contributed by atoms with Crippen LogP contribution in [0.5, 0.6) is 5.75 Å². The van der Waals surface area contributed by atoms with Crippen LogP contribution < -0.4 is 15.4 Å². The number of ether oxygens (including phenoxy) is 2. The number of hydrogen-bond donors (Lipinski definition) is 2. The Labute approximate surface area is 232 Å².